The Morgan fingerprint density at radius 3 is 1.31 bits per heavy atom. The number of carbonyl (C=O) groups is 2. The molecule has 4 N–H and O–H groups in total. The van der Waals surface area contributed by atoms with Crippen molar-refractivity contribution in [2.24, 2.45) is 22.0 Å². The SMILES string of the molecule is CC(C)(C)OC(=O)N[C@@H]1CCCC12CCN(c1nc[c-]c3nccn13)CC2.Cc1nccc(Br)c1C.Cc1nccc(Sc2cnc(N3CCC4(CCC[C@H]4N)CC3)n3ccnc23)c1C.Cc1nccc(Sc2cnc(N3CCC4(CCC[C@H]4NC(=O)OC(C)(C)C)CC3)n3ccnc23)c1C.[Na+].[SH-]. The molecule has 0 aromatic carbocycles. The van der Waals surface area contributed by atoms with Crippen LogP contribution in [0.5, 0.6) is 0 Å². The average molecular weight is 1530 g/mol. The van der Waals surface area contributed by atoms with Crippen molar-refractivity contribution in [2.75, 3.05) is 54.0 Å². The number of pyridine rings is 3. The molecule has 0 radical (unpaired) electrons. The van der Waals surface area contributed by atoms with Gasteiger partial charge in [0.2, 0.25) is 17.8 Å². The van der Waals surface area contributed by atoms with Gasteiger partial charge in [0, 0.05) is 157 Å². The summed E-state index contributed by atoms with van der Waals surface area (Å²) >= 11 is 6.80. The van der Waals surface area contributed by atoms with Gasteiger partial charge in [-0.15, -0.1) is 6.20 Å². The molecule has 0 bridgehead atoms. The summed E-state index contributed by atoms with van der Waals surface area (Å²) in [6.45, 7) is 29.5. The maximum atomic E-state index is 12.5. The van der Waals surface area contributed by atoms with Gasteiger partial charge in [0.15, 0.2) is 11.3 Å². The molecule has 103 heavy (non-hydrogen) atoms. The van der Waals surface area contributed by atoms with Crippen molar-refractivity contribution in [1.29, 1.82) is 0 Å². The number of nitrogens with one attached hydrogen (secondary N) is 2. The molecule has 22 nitrogen and oxygen atoms in total. The van der Waals surface area contributed by atoms with Crippen molar-refractivity contribution in [3.05, 3.63) is 137 Å². The molecule has 6 aliphatic rings. The zero-order valence-corrected chi connectivity index (χ0v) is 68.4. The van der Waals surface area contributed by atoms with Gasteiger partial charge in [0.05, 0.1) is 9.79 Å². The second-order valence-electron chi connectivity index (χ2n) is 30.4. The van der Waals surface area contributed by atoms with Crippen LogP contribution in [-0.2, 0) is 23.0 Å². The minimum atomic E-state index is -0.486. The van der Waals surface area contributed by atoms with Crippen LogP contribution in [0.25, 0.3) is 16.9 Å². The first-order valence-corrected chi connectivity index (χ1v) is 38.3. The standard InChI is InChI=1S/C27H36N6O2S.C22H28N6S.C20H28N5O2.C7H8BrN.Na.H2S/c1-18-19(2)28-12-8-20(18)36-21-17-30-24(33-16-13-29-23(21)33)32-14-10-27(11-15-32)9-6-7-22(27)31-25(34)35-26(3,4)5;1-15-16(2)24-9-5-17(15)29-18-14-26-21(28-13-10-25-20(18)28)27-11-7-22(8-12-27)6-3-4-19(22)23;1-19(2,3)27-18(26)23-15-5-4-7-20(15)8-12-24(13-9-20)17-22-10-6-16-21-11-14-25(16)17;1-5-6(2)9-4-3-7(5)8;;/h8,12-13,16-17,22H,6-7,9-11,14-15H2,1-5H3,(H,31,34);5,9-10,13-14,19H,3-4,6-8,11-12,23H2,1-2H3;10-11,14-15H,4-5,7-9,12-13H2,1-3H3,(H,23,26);3-4H,1-2H3;;1H2/q;;-1;;+1;/p-1/t22-;19-;15-;;;/m111.../s1. The molecular formula is C76H101BrN18NaO4S3-. The summed E-state index contributed by atoms with van der Waals surface area (Å²) < 4.78 is 18.4. The van der Waals surface area contributed by atoms with Gasteiger partial charge in [0.1, 0.15) is 11.2 Å². The number of amides is 2. The number of ether oxygens (including phenoxy) is 2. The number of imidazole rings is 3. The van der Waals surface area contributed by atoms with E-state index in [4.69, 9.17) is 25.2 Å². The zero-order chi connectivity index (χ0) is 71.4. The van der Waals surface area contributed by atoms with E-state index in [1.807, 2.05) is 142 Å². The van der Waals surface area contributed by atoms with Gasteiger partial charge in [-0.3, -0.25) is 33.7 Å². The number of carbonyl (C=O) groups excluding carboxylic acids is 2. The van der Waals surface area contributed by atoms with E-state index in [1.165, 1.54) is 45.7 Å². The maximum absolute atomic E-state index is 12.5. The van der Waals surface area contributed by atoms with Gasteiger partial charge < -0.3 is 64.5 Å². The normalized spacial score (nSPS) is 19.6. The van der Waals surface area contributed by atoms with Crippen molar-refractivity contribution in [1.82, 2.24) is 68.7 Å². The Morgan fingerprint density at radius 2 is 0.893 bits per heavy atom. The van der Waals surface area contributed by atoms with Gasteiger partial charge in [-0.2, -0.15) is 0 Å². The molecule has 3 spiro atoms. The third-order valence-corrected chi connectivity index (χ3v) is 25.1. The van der Waals surface area contributed by atoms with E-state index >= 15 is 0 Å². The van der Waals surface area contributed by atoms with Crippen molar-refractivity contribution in [3.8, 4) is 0 Å². The fourth-order valence-electron chi connectivity index (χ4n) is 15.8. The van der Waals surface area contributed by atoms with Crippen molar-refractivity contribution < 1.29 is 48.6 Å². The van der Waals surface area contributed by atoms with E-state index < -0.39 is 11.2 Å². The second-order valence-corrected chi connectivity index (χ2v) is 33.4. The average Bonchev–Trinajstić information content (AvgIpc) is 1.74. The van der Waals surface area contributed by atoms with Crippen molar-refractivity contribution >= 4 is 99.9 Å². The number of alkyl carbamates (subject to hydrolysis) is 2. The Morgan fingerprint density at radius 1 is 0.505 bits per heavy atom. The summed E-state index contributed by atoms with van der Waals surface area (Å²) in [5, 5.41) is 6.36. The summed E-state index contributed by atoms with van der Waals surface area (Å²) in [4.78, 5) is 77.1. The number of aromatic nitrogens is 12. The molecule has 2 amide bonds. The molecule has 15 rings (SSSR count). The first-order chi connectivity index (χ1) is 48.3. The van der Waals surface area contributed by atoms with Crippen LogP contribution >= 0.6 is 39.5 Å². The summed E-state index contributed by atoms with van der Waals surface area (Å²) in [7, 11) is 0. The van der Waals surface area contributed by atoms with Crippen LogP contribution in [-0.4, -0.2) is 139 Å². The number of hydrogen-bond acceptors (Lipinski definition) is 20. The molecule has 9 aromatic rings. The first kappa shape index (κ1) is 79.3. The molecule has 27 heteroatoms. The molecule has 3 aliphatic heterocycles. The van der Waals surface area contributed by atoms with E-state index in [-0.39, 0.29) is 78.2 Å². The van der Waals surface area contributed by atoms with E-state index in [1.54, 1.807) is 42.1 Å². The van der Waals surface area contributed by atoms with Crippen molar-refractivity contribution in [3.63, 3.8) is 0 Å². The zero-order valence-electron chi connectivity index (χ0n) is 62.3. The van der Waals surface area contributed by atoms with Crippen LogP contribution < -0.4 is 60.6 Å². The number of halogens is 1. The molecule has 9 aromatic heterocycles. The van der Waals surface area contributed by atoms with Gasteiger partial charge in [0.25, 0.3) is 0 Å². The number of nitrogens with zero attached hydrogens (tertiary/aromatic N) is 15. The summed E-state index contributed by atoms with van der Waals surface area (Å²) in [6, 6.07) is 9.85. The van der Waals surface area contributed by atoms with Gasteiger partial charge >= 0.3 is 41.7 Å². The van der Waals surface area contributed by atoms with E-state index in [2.05, 4.69) is 111 Å². The number of fused-ring (bicyclic) bond motifs is 3. The molecule has 3 saturated heterocycles. The van der Waals surface area contributed by atoms with Crippen LogP contribution in [0, 0.1) is 63.9 Å². The molecule has 3 saturated carbocycles. The van der Waals surface area contributed by atoms with E-state index in [0.717, 1.165) is 182 Å². The molecule has 0 unspecified atom stereocenters. The predicted molar refractivity (Wildman–Crippen MR) is 411 cm³/mol. The molecule has 546 valence electrons. The number of nitrogens with two attached hydrogens (primary N) is 1. The molecular weight excluding hydrogens is 1430 g/mol. The fourth-order valence-corrected chi connectivity index (χ4v) is 18.2. The molecule has 3 aliphatic carbocycles. The minimum Gasteiger partial charge on any atom is -0.813 e. The van der Waals surface area contributed by atoms with Gasteiger partial charge in [-0.25, -0.2) is 29.5 Å². The second kappa shape index (κ2) is 33.7. The Kier molecular flexibility index (Phi) is 25.9. The Balaban J connectivity index is 0.000000156. The van der Waals surface area contributed by atoms with Crippen LogP contribution in [0.4, 0.5) is 27.4 Å². The van der Waals surface area contributed by atoms with E-state index in [0.29, 0.717) is 11.5 Å². The third kappa shape index (κ3) is 18.2. The van der Waals surface area contributed by atoms with Crippen molar-refractivity contribution in [2.45, 2.75) is 228 Å². The monoisotopic (exact) mass is 1530 g/mol. The fraction of sp³-hybridized carbons (Fsp3) is 0.539. The van der Waals surface area contributed by atoms with Crippen LogP contribution in [0.1, 0.15) is 172 Å². The smallest absolute Gasteiger partial charge is 0.813 e. The number of aryl methyl sites for hydroxylation is 3. The van der Waals surface area contributed by atoms with Gasteiger partial charge in [-0.1, -0.05) is 58.7 Å². The number of rotatable bonds is 9. The minimum absolute atomic E-state index is 0. The Labute approximate surface area is 653 Å². The topological polar surface area (TPSA) is 242 Å². The van der Waals surface area contributed by atoms with Gasteiger partial charge in [-0.05, 0) is 217 Å². The predicted octanol–water partition coefficient (Wildman–Crippen LogP) is 11.9. The number of thiol groups is 1. The molecule has 6 fully saturated rings. The van der Waals surface area contributed by atoms with E-state index in [9.17, 15) is 9.59 Å². The van der Waals surface area contributed by atoms with Crippen LogP contribution in [0.2, 0.25) is 0 Å². The third-order valence-electron chi connectivity index (χ3n) is 21.9. The Hall–Kier alpha value is -6.26. The largest absolute Gasteiger partial charge is 1.00 e. The number of hydrogen-bond donors (Lipinski definition) is 3. The maximum Gasteiger partial charge on any atom is 1.00 e. The number of piperidine rings is 3. The summed E-state index contributed by atoms with van der Waals surface area (Å²) in [6.07, 6.45) is 38.9. The first-order valence-electron chi connectivity index (χ1n) is 35.9. The number of anilines is 3. The summed E-state index contributed by atoms with van der Waals surface area (Å²) in [5.74, 6) is 2.84. The quantitative estimate of drug-likeness (QED) is 0.0526. The molecule has 3 atom stereocenters. The van der Waals surface area contributed by atoms with Crippen LogP contribution in [0.15, 0.2) is 117 Å². The summed E-state index contributed by atoms with van der Waals surface area (Å²) in [5.41, 5.74) is 15.7. The van der Waals surface area contributed by atoms with Crippen LogP contribution in [0.3, 0.4) is 0 Å². The Bertz CT molecular complexity index is 4360. The molecule has 12 heterocycles.